The zero-order chi connectivity index (χ0) is 13.1. The van der Waals surface area contributed by atoms with Gasteiger partial charge in [0.2, 0.25) is 0 Å². The van der Waals surface area contributed by atoms with Gasteiger partial charge in [-0.1, -0.05) is 18.2 Å². The molecule has 100 valence electrons. The first-order valence-corrected chi connectivity index (χ1v) is 8.94. The largest absolute Gasteiger partial charge is 0.330 e. The van der Waals surface area contributed by atoms with Crippen molar-refractivity contribution in [2.45, 2.75) is 17.7 Å². The zero-order valence-electron chi connectivity index (χ0n) is 10.3. The Kier molecular flexibility index (Phi) is 4.35. The average molecular weight is 285 g/mol. The van der Waals surface area contributed by atoms with Crippen molar-refractivity contribution < 1.29 is 8.42 Å². The lowest BCUT2D eigenvalue weighted by Crippen LogP contribution is -2.32. The van der Waals surface area contributed by atoms with Crippen LogP contribution in [0.3, 0.4) is 0 Å². The number of hydrogen-bond donors (Lipinski definition) is 1. The van der Waals surface area contributed by atoms with Gasteiger partial charge in [-0.25, -0.2) is 8.42 Å². The van der Waals surface area contributed by atoms with Crippen LogP contribution in [0.1, 0.15) is 12.8 Å². The molecule has 3 nitrogen and oxygen atoms in total. The van der Waals surface area contributed by atoms with Gasteiger partial charge in [-0.15, -0.1) is 11.8 Å². The van der Waals surface area contributed by atoms with E-state index in [0.717, 1.165) is 18.6 Å². The van der Waals surface area contributed by atoms with E-state index in [0.29, 0.717) is 12.3 Å². The van der Waals surface area contributed by atoms with Crippen molar-refractivity contribution in [2.75, 3.05) is 23.8 Å². The molecular formula is C13H19NO2S2. The number of sulfone groups is 1. The quantitative estimate of drug-likeness (QED) is 0.840. The fourth-order valence-electron chi connectivity index (χ4n) is 2.35. The number of rotatable bonds is 5. The van der Waals surface area contributed by atoms with Crippen molar-refractivity contribution in [1.82, 2.24) is 0 Å². The minimum absolute atomic E-state index is 0.180. The Morgan fingerprint density at radius 1 is 1.28 bits per heavy atom. The highest BCUT2D eigenvalue weighted by Gasteiger charge is 2.40. The van der Waals surface area contributed by atoms with Gasteiger partial charge < -0.3 is 5.73 Å². The van der Waals surface area contributed by atoms with Gasteiger partial charge >= 0.3 is 0 Å². The molecule has 1 unspecified atom stereocenters. The maximum Gasteiger partial charge on any atom is 0.150 e. The minimum Gasteiger partial charge on any atom is -0.330 e. The third-order valence-electron chi connectivity index (χ3n) is 3.55. The van der Waals surface area contributed by atoms with Crippen LogP contribution >= 0.6 is 11.8 Å². The summed E-state index contributed by atoms with van der Waals surface area (Å²) in [7, 11) is -2.85. The SMILES string of the molecule is NCC1(CCSc2ccccc2)CCS(=O)(=O)C1. The van der Waals surface area contributed by atoms with E-state index in [1.807, 2.05) is 18.2 Å². The maximum atomic E-state index is 11.6. The van der Waals surface area contributed by atoms with E-state index < -0.39 is 9.84 Å². The molecule has 1 fully saturated rings. The van der Waals surface area contributed by atoms with Crippen LogP contribution in [0.2, 0.25) is 0 Å². The van der Waals surface area contributed by atoms with Gasteiger partial charge in [0.15, 0.2) is 9.84 Å². The Hall–Kier alpha value is -0.520. The maximum absolute atomic E-state index is 11.6. The van der Waals surface area contributed by atoms with Gasteiger partial charge in [0.1, 0.15) is 0 Å². The predicted molar refractivity (Wildman–Crippen MR) is 76.5 cm³/mol. The van der Waals surface area contributed by atoms with Gasteiger partial charge in [0.05, 0.1) is 11.5 Å². The van der Waals surface area contributed by atoms with Crippen molar-refractivity contribution in [3.63, 3.8) is 0 Å². The van der Waals surface area contributed by atoms with E-state index in [1.54, 1.807) is 11.8 Å². The van der Waals surface area contributed by atoms with Crippen LogP contribution in [0.5, 0.6) is 0 Å². The Morgan fingerprint density at radius 2 is 2.00 bits per heavy atom. The molecule has 0 radical (unpaired) electrons. The second-order valence-corrected chi connectivity index (χ2v) is 8.31. The summed E-state index contributed by atoms with van der Waals surface area (Å²) in [6.07, 6.45) is 1.60. The molecule has 2 N–H and O–H groups in total. The molecule has 1 aliphatic heterocycles. The Labute approximate surface area is 113 Å². The summed E-state index contributed by atoms with van der Waals surface area (Å²) in [5.74, 6) is 1.50. The summed E-state index contributed by atoms with van der Waals surface area (Å²) in [5, 5.41) is 0. The zero-order valence-corrected chi connectivity index (χ0v) is 12.0. The summed E-state index contributed by atoms with van der Waals surface area (Å²) in [4.78, 5) is 1.23. The van der Waals surface area contributed by atoms with Gasteiger partial charge in [-0.3, -0.25) is 0 Å². The first-order chi connectivity index (χ1) is 8.55. The molecule has 1 atom stereocenters. The van der Waals surface area contributed by atoms with Crippen LogP contribution in [-0.2, 0) is 9.84 Å². The van der Waals surface area contributed by atoms with Crippen molar-refractivity contribution >= 4 is 21.6 Å². The first kappa shape index (κ1) is 13.9. The topological polar surface area (TPSA) is 60.2 Å². The van der Waals surface area contributed by atoms with E-state index in [-0.39, 0.29) is 11.2 Å². The first-order valence-electron chi connectivity index (χ1n) is 6.14. The molecule has 2 rings (SSSR count). The summed E-state index contributed by atoms with van der Waals surface area (Å²) >= 11 is 1.77. The molecule has 0 amide bonds. The molecular weight excluding hydrogens is 266 g/mol. The molecule has 0 aliphatic carbocycles. The van der Waals surface area contributed by atoms with Crippen LogP contribution in [0.15, 0.2) is 35.2 Å². The molecule has 0 aromatic heterocycles. The fourth-order valence-corrected chi connectivity index (χ4v) is 5.69. The average Bonchev–Trinajstić information content (AvgIpc) is 2.67. The molecule has 18 heavy (non-hydrogen) atoms. The third-order valence-corrected chi connectivity index (χ3v) is 6.44. The van der Waals surface area contributed by atoms with Crippen molar-refractivity contribution in [2.24, 2.45) is 11.1 Å². The van der Waals surface area contributed by atoms with Crippen LogP contribution < -0.4 is 5.73 Å². The van der Waals surface area contributed by atoms with Crippen molar-refractivity contribution in [1.29, 1.82) is 0 Å². The lowest BCUT2D eigenvalue weighted by atomic mass is 9.85. The Morgan fingerprint density at radius 3 is 2.56 bits per heavy atom. The molecule has 0 saturated carbocycles. The number of thioether (sulfide) groups is 1. The van der Waals surface area contributed by atoms with E-state index in [9.17, 15) is 8.42 Å². The number of hydrogen-bond acceptors (Lipinski definition) is 4. The number of benzene rings is 1. The second-order valence-electron chi connectivity index (χ2n) is 4.96. The molecule has 1 aliphatic rings. The fraction of sp³-hybridized carbons (Fsp3) is 0.538. The summed E-state index contributed by atoms with van der Waals surface area (Å²) in [6, 6.07) is 10.2. The second kappa shape index (κ2) is 5.63. The van der Waals surface area contributed by atoms with E-state index >= 15 is 0 Å². The van der Waals surface area contributed by atoms with Crippen LogP contribution in [0.25, 0.3) is 0 Å². The van der Waals surface area contributed by atoms with Gasteiger partial charge in [-0.2, -0.15) is 0 Å². The van der Waals surface area contributed by atoms with E-state index in [2.05, 4.69) is 12.1 Å². The normalized spacial score (nSPS) is 26.3. The van der Waals surface area contributed by atoms with Crippen molar-refractivity contribution in [3.05, 3.63) is 30.3 Å². The number of nitrogens with two attached hydrogens (primary N) is 1. The van der Waals surface area contributed by atoms with Crippen molar-refractivity contribution in [3.8, 4) is 0 Å². The highest BCUT2D eigenvalue weighted by atomic mass is 32.2. The standard InChI is InChI=1S/C13H19NO2S2/c14-10-13(7-9-18(15,16)11-13)6-8-17-12-4-2-1-3-5-12/h1-5H,6-11,14H2. The molecule has 1 heterocycles. The van der Waals surface area contributed by atoms with Crippen LogP contribution in [-0.4, -0.2) is 32.2 Å². The van der Waals surface area contributed by atoms with E-state index in [4.69, 9.17) is 5.73 Å². The summed E-state index contributed by atoms with van der Waals surface area (Å²) in [5.41, 5.74) is 5.62. The minimum atomic E-state index is -2.85. The molecule has 1 saturated heterocycles. The monoisotopic (exact) mass is 285 g/mol. The van der Waals surface area contributed by atoms with Gasteiger partial charge in [0.25, 0.3) is 0 Å². The van der Waals surface area contributed by atoms with Gasteiger partial charge in [-0.05, 0) is 42.7 Å². The highest BCUT2D eigenvalue weighted by Crippen LogP contribution is 2.36. The van der Waals surface area contributed by atoms with Crippen LogP contribution in [0, 0.1) is 5.41 Å². The molecule has 0 bridgehead atoms. The lowest BCUT2D eigenvalue weighted by Gasteiger charge is -2.25. The highest BCUT2D eigenvalue weighted by molar-refractivity contribution is 7.99. The predicted octanol–water partition coefficient (Wildman–Crippen LogP) is 1.93. The van der Waals surface area contributed by atoms with E-state index in [1.165, 1.54) is 4.90 Å². The third kappa shape index (κ3) is 3.49. The Balaban J connectivity index is 1.89. The molecule has 1 aromatic carbocycles. The lowest BCUT2D eigenvalue weighted by molar-refractivity contribution is 0.337. The summed E-state index contributed by atoms with van der Waals surface area (Å²) in [6.45, 7) is 0.474. The molecule has 1 aromatic rings. The molecule has 0 spiro atoms. The van der Waals surface area contributed by atoms with Gasteiger partial charge in [0, 0.05) is 4.90 Å². The Bertz CT molecular complexity index is 487. The molecule has 5 heteroatoms. The summed E-state index contributed by atoms with van der Waals surface area (Å²) < 4.78 is 23.2. The van der Waals surface area contributed by atoms with Crippen LogP contribution in [0.4, 0.5) is 0 Å². The smallest absolute Gasteiger partial charge is 0.150 e.